The van der Waals surface area contributed by atoms with Gasteiger partial charge in [-0.1, -0.05) is 48.0 Å². The highest BCUT2D eigenvalue weighted by molar-refractivity contribution is 7.88. The highest BCUT2D eigenvalue weighted by Gasteiger charge is 2.13. The average Bonchev–Trinajstić information content (AvgIpc) is 3.22. The van der Waals surface area contributed by atoms with E-state index in [1.807, 2.05) is 62.6 Å². The summed E-state index contributed by atoms with van der Waals surface area (Å²) >= 11 is 0. The molecule has 0 saturated carbocycles. The smallest absolute Gasteiger partial charge is 0.216 e. The maximum atomic E-state index is 13.5. The van der Waals surface area contributed by atoms with Crippen LogP contribution in [0.5, 0.6) is 0 Å². The third-order valence-corrected chi connectivity index (χ3v) is 7.22. The number of pyridine rings is 1. The molecule has 3 aromatic carbocycles. The molecular formula is C27H24N4O3S. The van der Waals surface area contributed by atoms with E-state index in [1.165, 1.54) is 0 Å². The van der Waals surface area contributed by atoms with Gasteiger partial charge in [0.25, 0.3) is 0 Å². The van der Waals surface area contributed by atoms with Gasteiger partial charge in [0.2, 0.25) is 10.0 Å². The summed E-state index contributed by atoms with van der Waals surface area (Å²) in [6.45, 7) is 2.18. The number of hydrogen-bond donors (Lipinski definition) is 1. The largest absolute Gasteiger partial charge is 0.289 e. The van der Waals surface area contributed by atoms with Crippen molar-refractivity contribution in [1.82, 2.24) is 19.5 Å². The fraction of sp³-hybridized carbons (Fsp3) is 0.148. The lowest BCUT2D eigenvalue weighted by molar-refractivity contribution is 0.580. The van der Waals surface area contributed by atoms with Gasteiger partial charge in [0.15, 0.2) is 5.43 Å². The lowest BCUT2D eigenvalue weighted by atomic mass is 10.1. The van der Waals surface area contributed by atoms with Crippen molar-refractivity contribution in [1.29, 1.82) is 0 Å². The number of aromatic nitrogens is 3. The number of fused-ring (bicyclic) bond motifs is 2. The lowest BCUT2D eigenvalue weighted by Gasteiger charge is -2.08. The first-order chi connectivity index (χ1) is 16.8. The highest BCUT2D eigenvalue weighted by Crippen LogP contribution is 2.22. The monoisotopic (exact) mass is 484 g/mol. The Morgan fingerprint density at radius 2 is 1.74 bits per heavy atom. The van der Waals surface area contributed by atoms with Gasteiger partial charge < -0.3 is 0 Å². The van der Waals surface area contributed by atoms with Gasteiger partial charge in [-0.15, -0.1) is 0 Å². The predicted octanol–water partition coefficient (Wildman–Crippen LogP) is 4.08. The molecule has 0 bridgehead atoms. The van der Waals surface area contributed by atoms with Crippen molar-refractivity contribution >= 4 is 31.7 Å². The van der Waals surface area contributed by atoms with E-state index in [2.05, 4.69) is 14.8 Å². The summed E-state index contributed by atoms with van der Waals surface area (Å²) in [7, 11) is -1.77. The molecule has 7 nitrogen and oxygen atoms in total. The summed E-state index contributed by atoms with van der Waals surface area (Å²) in [4.78, 5) is 18.0. The van der Waals surface area contributed by atoms with Crippen molar-refractivity contribution in [3.63, 3.8) is 0 Å². The minimum atomic E-state index is -3.60. The van der Waals surface area contributed by atoms with E-state index < -0.39 is 10.0 Å². The van der Waals surface area contributed by atoms with Gasteiger partial charge in [-0.05, 0) is 41.6 Å². The van der Waals surface area contributed by atoms with Gasteiger partial charge in [-0.2, -0.15) is 5.10 Å². The second kappa shape index (κ2) is 9.05. The number of aryl methyl sites for hydroxylation is 2. The van der Waals surface area contributed by atoms with Gasteiger partial charge in [0.05, 0.1) is 17.5 Å². The minimum Gasteiger partial charge on any atom is -0.289 e. The van der Waals surface area contributed by atoms with E-state index in [0.29, 0.717) is 21.9 Å². The summed E-state index contributed by atoms with van der Waals surface area (Å²) in [5, 5.41) is 5.84. The molecule has 2 aromatic heterocycles. The molecule has 0 amide bonds. The Labute approximate surface area is 203 Å². The van der Waals surface area contributed by atoms with Gasteiger partial charge in [-0.25, -0.2) is 13.1 Å². The Kier molecular flexibility index (Phi) is 5.92. The molecule has 35 heavy (non-hydrogen) atoms. The van der Waals surface area contributed by atoms with Crippen LogP contribution in [0.1, 0.15) is 16.7 Å². The standard InChI is InChI=1S/C27H24N4O3S/c1-18-4-3-5-19(10-18)13-30-35(33,34)17-20-6-7-21-8-9-26-25(27(32)24(21)11-20)12-22(14-28-26)23-15-29-31(2)16-23/h3-12,14-16,30H,13,17H2,1-2H3. The summed E-state index contributed by atoms with van der Waals surface area (Å²) in [5.41, 5.74) is 4.55. The molecule has 0 unspecified atom stereocenters. The van der Waals surface area contributed by atoms with Crippen molar-refractivity contribution < 1.29 is 8.42 Å². The Morgan fingerprint density at radius 1 is 0.914 bits per heavy atom. The van der Waals surface area contributed by atoms with Crippen molar-refractivity contribution in [2.75, 3.05) is 0 Å². The molecule has 2 heterocycles. The molecule has 176 valence electrons. The van der Waals surface area contributed by atoms with Crippen LogP contribution >= 0.6 is 0 Å². The van der Waals surface area contributed by atoms with Crippen LogP contribution in [0.3, 0.4) is 0 Å². The Bertz CT molecular complexity index is 1740. The zero-order chi connectivity index (χ0) is 24.6. The fourth-order valence-electron chi connectivity index (χ4n) is 4.15. The van der Waals surface area contributed by atoms with Gasteiger partial charge in [0, 0.05) is 47.9 Å². The molecule has 0 saturated heterocycles. The maximum absolute atomic E-state index is 13.5. The molecule has 0 radical (unpaired) electrons. The highest BCUT2D eigenvalue weighted by atomic mass is 32.2. The molecule has 1 N–H and O–H groups in total. The predicted molar refractivity (Wildman–Crippen MR) is 138 cm³/mol. The van der Waals surface area contributed by atoms with Crippen LogP contribution in [-0.2, 0) is 29.4 Å². The number of nitrogens with one attached hydrogen (secondary N) is 1. The maximum Gasteiger partial charge on any atom is 0.216 e. The topological polar surface area (TPSA) is 93.9 Å². The van der Waals surface area contributed by atoms with Crippen LogP contribution < -0.4 is 10.2 Å². The van der Waals surface area contributed by atoms with Crippen molar-refractivity contribution in [2.45, 2.75) is 19.2 Å². The second-order valence-electron chi connectivity index (χ2n) is 8.71. The van der Waals surface area contributed by atoms with E-state index >= 15 is 0 Å². The first kappa shape index (κ1) is 22.9. The van der Waals surface area contributed by atoms with E-state index in [0.717, 1.165) is 27.6 Å². The van der Waals surface area contributed by atoms with Gasteiger partial charge in [-0.3, -0.25) is 14.5 Å². The number of hydrogen-bond acceptors (Lipinski definition) is 5. The minimum absolute atomic E-state index is 0.190. The zero-order valence-electron chi connectivity index (χ0n) is 19.4. The normalized spacial score (nSPS) is 11.8. The van der Waals surface area contributed by atoms with Crippen molar-refractivity contribution in [3.8, 4) is 11.1 Å². The Hall–Kier alpha value is -3.88. The molecule has 5 aromatic rings. The van der Waals surface area contributed by atoms with Crippen LogP contribution in [0.4, 0.5) is 0 Å². The molecule has 0 spiro atoms. The zero-order valence-corrected chi connectivity index (χ0v) is 20.2. The molecule has 0 aliphatic carbocycles. The number of nitrogens with zero attached hydrogens (tertiary/aromatic N) is 3. The first-order valence-corrected chi connectivity index (χ1v) is 12.8. The summed E-state index contributed by atoms with van der Waals surface area (Å²) in [6.07, 6.45) is 5.31. The van der Waals surface area contributed by atoms with E-state index in [4.69, 9.17) is 0 Å². The van der Waals surface area contributed by atoms with E-state index in [1.54, 1.807) is 35.3 Å². The number of benzene rings is 2. The summed E-state index contributed by atoms with van der Waals surface area (Å²) in [6, 6.07) is 18.3. The third-order valence-electron chi connectivity index (χ3n) is 5.92. The van der Waals surface area contributed by atoms with Crippen LogP contribution in [-0.4, -0.2) is 23.2 Å². The number of rotatable bonds is 6. The first-order valence-electron chi connectivity index (χ1n) is 11.1. The quantitative estimate of drug-likeness (QED) is 0.392. The lowest BCUT2D eigenvalue weighted by Crippen LogP contribution is -2.24. The van der Waals surface area contributed by atoms with Crippen molar-refractivity contribution in [3.05, 3.63) is 106 Å². The average molecular weight is 485 g/mol. The molecular weight excluding hydrogens is 460 g/mol. The fourth-order valence-corrected chi connectivity index (χ4v) is 5.26. The third kappa shape index (κ3) is 4.99. The SMILES string of the molecule is Cc1cccc(CNS(=O)(=O)Cc2ccc3ccc4ncc(-c5cnn(C)c5)cc4c(=O)c3c2)c1. The second-order valence-corrected chi connectivity index (χ2v) is 10.5. The molecule has 8 heteroatoms. The molecule has 0 atom stereocenters. The van der Waals surface area contributed by atoms with Crippen molar-refractivity contribution in [2.24, 2.45) is 7.05 Å². The van der Waals surface area contributed by atoms with Crippen LogP contribution in [0.2, 0.25) is 0 Å². The van der Waals surface area contributed by atoms with Gasteiger partial charge >= 0.3 is 0 Å². The molecule has 5 rings (SSSR count). The number of sulfonamides is 1. The molecule has 0 aliphatic rings. The molecule has 0 aliphatic heterocycles. The molecule has 0 fully saturated rings. The van der Waals surface area contributed by atoms with Crippen LogP contribution in [0, 0.1) is 6.92 Å². The summed E-state index contributed by atoms with van der Waals surface area (Å²) in [5.74, 6) is -0.218. The van der Waals surface area contributed by atoms with E-state index in [9.17, 15) is 13.2 Å². The van der Waals surface area contributed by atoms with Crippen LogP contribution in [0.15, 0.2) is 84.0 Å². The Balaban J connectivity index is 1.50. The van der Waals surface area contributed by atoms with E-state index in [-0.39, 0.29) is 17.7 Å². The Morgan fingerprint density at radius 3 is 2.51 bits per heavy atom. The van der Waals surface area contributed by atoms with Gasteiger partial charge in [0.1, 0.15) is 0 Å². The van der Waals surface area contributed by atoms with Crippen LogP contribution in [0.25, 0.3) is 32.8 Å². The summed E-state index contributed by atoms with van der Waals surface area (Å²) < 4.78 is 29.8.